The van der Waals surface area contributed by atoms with Crippen molar-refractivity contribution in [1.82, 2.24) is 9.80 Å². The van der Waals surface area contributed by atoms with Crippen LogP contribution in [0.5, 0.6) is 11.5 Å². The molecule has 0 fully saturated rings. The molecule has 1 aromatic heterocycles. The Morgan fingerprint density at radius 2 is 1.65 bits per heavy atom. The van der Waals surface area contributed by atoms with Gasteiger partial charge in [-0.1, -0.05) is 49.4 Å². The number of methoxy groups -OCH3 is 2. The lowest BCUT2D eigenvalue weighted by Crippen LogP contribution is -2.46. The number of ether oxygens (including phenoxy) is 2. The molecular weight excluding hydrogens is 484 g/mol. The number of nitrogens with zero attached hydrogens (tertiary/aromatic N) is 2. The van der Waals surface area contributed by atoms with Gasteiger partial charge in [0, 0.05) is 23.9 Å². The molecule has 2 amide bonds. The molecule has 0 bridgehead atoms. The second-order valence-electron chi connectivity index (χ2n) is 9.10. The first-order valence-electron chi connectivity index (χ1n) is 12.8. The van der Waals surface area contributed by atoms with Crippen molar-refractivity contribution in [3.63, 3.8) is 0 Å². The van der Waals surface area contributed by atoms with Gasteiger partial charge in [-0.3, -0.25) is 9.59 Å². The second-order valence-corrected chi connectivity index (χ2v) is 10.1. The average molecular weight is 523 g/mol. The number of rotatable bonds is 14. The Labute approximate surface area is 224 Å². The Morgan fingerprint density at radius 1 is 0.892 bits per heavy atom. The van der Waals surface area contributed by atoms with Gasteiger partial charge in [-0.2, -0.15) is 0 Å². The summed E-state index contributed by atoms with van der Waals surface area (Å²) in [5, 5.41) is 2.02. The Hall–Kier alpha value is -3.32. The molecule has 6 nitrogen and oxygen atoms in total. The molecule has 2 aromatic carbocycles. The first-order chi connectivity index (χ1) is 17.9. The number of aryl methyl sites for hydroxylation is 1. The molecule has 37 heavy (non-hydrogen) atoms. The van der Waals surface area contributed by atoms with Crippen molar-refractivity contribution in [2.45, 2.75) is 52.1 Å². The van der Waals surface area contributed by atoms with Crippen molar-refractivity contribution < 1.29 is 19.1 Å². The summed E-state index contributed by atoms with van der Waals surface area (Å²) in [7, 11) is 3.23. The van der Waals surface area contributed by atoms with Crippen LogP contribution in [-0.4, -0.2) is 55.0 Å². The Balaban J connectivity index is 1.71. The smallest absolute Gasteiger partial charge is 0.242 e. The third-order valence-electron chi connectivity index (χ3n) is 6.62. The van der Waals surface area contributed by atoms with Gasteiger partial charge in [-0.25, -0.2) is 0 Å². The molecule has 0 N–H and O–H groups in total. The molecule has 198 valence electrons. The minimum Gasteiger partial charge on any atom is -0.493 e. The Bertz CT molecular complexity index is 1120. The fourth-order valence-corrected chi connectivity index (χ4v) is 4.90. The van der Waals surface area contributed by atoms with Gasteiger partial charge in [0.15, 0.2) is 11.5 Å². The van der Waals surface area contributed by atoms with Gasteiger partial charge in [0.25, 0.3) is 0 Å². The average Bonchev–Trinajstić information content (AvgIpc) is 3.45. The largest absolute Gasteiger partial charge is 0.493 e. The zero-order chi connectivity index (χ0) is 26.6. The van der Waals surface area contributed by atoms with Crippen molar-refractivity contribution in [2.75, 3.05) is 27.3 Å². The van der Waals surface area contributed by atoms with Crippen LogP contribution in [0.1, 0.15) is 42.7 Å². The second kappa shape index (κ2) is 14.4. The minimum atomic E-state index is -0.0396. The number of carbonyl (C=O) groups is 2. The molecule has 1 unspecified atom stereocenters. The van der Waals surface area contributed by atoms with Gasteiger partial charge in [0.2, 0.25) is 11.8 Å². The molecule has 0 saturated carbocycles. The quantitative estimate of drug-likeness (QED) is 0.277. The maximum absolute atomic E-state index is 13.6. The number of amides is 2. The van der Waals surface area contributed by atoms with E-state index in [0.717, 1.165) is 22.4 Å². The van der Waals surface area contributed by atoms with E-state index < -0.39 is 0 Å². The predicted molar refractivity (Wildman–Crippen MR) is 149 cm³/mol. The van der Waals surface area contributed by atoms with E-state index in [9.17, 15) is 9.59 Å². The van der Waals surface area contributed by atoms with Crippen molar-refractivity contribution in [1.29, 1.82) is 0 Å². The number of thiophene rings is 1. The number of carbonyl (C=O) groups excluding carboxylic acids is 2. The molecule has 0 aliphatic carbocycles. The summed E-state index contributed by atoms with van der Waals surface area (Å²) in [5.74, 6) is 1.32. The standard InChI is InChI=1S/C30H38N2O4S/c1-5-23(2)32(29(33)16-14-24-10-7-6-8-11-24)22-30(34)31(21-26-12-9-19-37-26)18-17-25-13-15-27(35-3)28(20-25)36-4/h6-13,15,19-20,23H,5,14,16-18,21-22H2,1-4H3. The van der Waals surface area contributed by atoms with Gasteiger partial charge < -0.3 is 19.3 Å². The van der Waals surface area contributed by atoms with Gasteiger partial charge in [0.05, 0.1) is 27.3 Å². The van der Waals surface area contributed by atoms with Crippen molar-refractivity contribution in [3.05, 3.63) is 82.0 Å². The zero-order valence-corrected chi connectivity index (χ0v) is 23.1. The highest BCUT2D eigenvalue weighted by atomic mass is 32.1. The molecule has 0 aliphatic rings. The molecular formula is C30H38N2O4S. The van der Waals surface area contributed by atoms with Gasteiger partial charge in [0.1, 0.15) is 0 Å². The number of benzene rings is 2. The van der Waals surface area contributed by atoms with Crippen LogP contribution in [0.2, 0.25) is 0 Å². The number of hydrogen-bond acceptors (Lipinski definition) is 5. The fraction of sp³-hybridized carbons (Fsp3) is 0.400. The van der Waals surface area contributed by atoms with Crippen molar-refractivity contribution >= 4 is 23.2 Å². The molecule has 3 rings (SSSR count). The van der Waals surface area contributed by atoms with Crippen molar-refractivity contribution in [3.8, 4) is 11.5 Å². The van der Waals surface area contributed by atoms with E-state index in [1.54, 1.807) is 30.5 Å². The molecule has 0 saturated heterocycles. The SMILES string of the molecule is CCC(C)N(CC(=O)N(CCc1ccc(OC)c(OC)c1)Cc1cccs1)C(=O)CCc1ccccc1. The number of hydrogen-bond donors (Lipinski definition) is 0. The molecule has 1 atom stereocenters. The third-order valence-corrected chi connectivity index (χ3v) is 7.48. The van der Waals surface area contributed by atoms with E-state index in [1.807, 2.05) is 84.8 Å². The van der Waals surface area contributed by atoms with Crippen LogP contribution >= 0.6 is 11.3 Å². The van der Waals surface area contributed by atoms with E-state index in [2.05, 4.69) is 0 Å². The zero-order valence-electron chi connectivity index (χ0n) is 22.3. The lowest BCUT2D eigenvalue weighted by molar-refractivity contribution is -0.142. The van der Waals surface area contributed by atoms with Gasteiger partial charge in [-0.15, -0.1) is 11.3 Å². The lowest BCUT2D eigenvalue weighted by atomic mass is 10.1. The van der Waals surface area contributed by atoms with Crippen LogP contribution in [0.15, 0.2) is 66.0 Å². The topological polar surface area (TPSA) is 59.1 Å². The minimum absolute atomic E-state index is 0.0124. The summed E-state index contributed by atoms with van der Waals surface area (Å²) in [6, 6.07) is 19.9. The molecule has 0 spiro atoms. The third kappa shape index (κ3) is 8.35. The van der Waals surface area contributed by atoms with Gasteiger partial charge in [-0.05, 0) is 60.9 Å². The summed E-state index contributed by atoms with van der Waals surface area (Å²) >= 11 is 1.63. The molecule has 7 heteroatoms. The maximum Gasteiger partial charge on any atom is 0.242 e. The summed E-state index contributed by atoms with van der Waals surface area (Å²) in [6.07, 6.45) is 2.51. The summed E-state index contributed by atoms with van der Waals surface area (Å²) < 4.78 is 10.8. The normalized spacial score (nSPS) is 11.6. The van der Waals surface area contributed by atoms with E-state index in [1.165, 1.54) is 0 Å². The van der Waals surface area contributed by atoms with Crippen molar-refractivity contribution in [2.24, 2.45) is 0 Å². The molecule has 3 aromatic rings. The van der Waals surface area contributed by atoms with E-state index >= 15 is 0 Å². The first-order valence-corrected chi connectivity index (χ1v) is 13.7. The fourth-order valence-electron chi connectivity index (χ4n) is 4.18. The predicted octanol–water partition coefficient (Wildman–Crippen LogP) is 5.60. The van der Waals surface area contributed by atoms with Crippen LogP contribution in [0.4, 0.5) is 0 Å². The molecule has 0 radical (unpaired) electrons. The Morgan fingerprint density at radius 3 is 2.30 bits per heavy atom. The Kier molecular flexibility index (Phi) is 11.0. The van der Waals surface area contributed by atoms with Crippen LogP contribution < -0.4 is 9.47 Å². The van der Waals surface area contributed by atoms with E-state index in [-0.39, 0.29) is 24.4 Å². The highest BCUT2D eigenvalue weighted by molar-refractivity contribution is 7.09. The summed E-state index contributed by atoms with van der Waals surface area (Å²) in [6.45, 7) is 5.21. The molecule has 1 heterocycles. The van der Waals surface area contributed by atoms with E-state index in [4.69, 9.17) is 9.47 Å². The maximum atomic E-state index is 13.6. The van der Waals surface area contributed by atoms with Crippen LogP contribution in [0, 0.1) is 0 Å². The highest BCUT2D eigenvalue weighted by Gasteiger charge is 2.25. The monoisotopic (exact) mass is 522 g/mol. The van der Waals surface area contributed by atoms with E-state index in [0.29, 0.717) is 43.9 Å². The summed E-state index contributed by atoms with van der Waals surface area (Å²) in [4.78, 5) is 31.6. The van der Waals surface area contributed by atoms with Gasteiger partial charge >= 0.3 is 0 Å². The van der Waals surface area contributed by atoms with Crippen LogP contribution in [-0.2, 0) is 29.0 Å². The lowest BCUT2D eigenvalue weighted by Gasteiger charge is -2.31. The van der Waals surface area contributed by atoms with Crippen LogP contribution in [0.25, 0.3) is 0 Å². The summed E-state index contributed by atoms with van der Waals surface area (Å²) in [5.41, 5.74) is 2.18. The van der Waals surface area contributed by atoms with Crippen LogP contribution in [0.3, 0.4) is 0 Å². The first kappa shape index (κ1) is 28.3. The highest BCUT2D eigenvalue weighted by Crippen LogP contribution is 2.28. The molecule has 0 aliphatic heterocycles.